The lowest BCUT2D eigenvalue weighted by molar-refractivity contribution is 0.309. The minimum atomic E-state index is -0.315. The summed E-state index contributed by atoms with van der Waals surface area (Å²) >= 11 is 4.50. The molecule has 1 heterocycles. The first-order valence-corrected chi connectivity index (χ1v) is 6.29. The van der Waals surface area contributed by atoms with Crippen LogP contribution in [0.15, 0.2) is 28.9 Å². The highest BCUT2D eigenvalue weighted by atomic mass is 79.9. The van der Waals surface area contributed by atoms with Crippen LogP contribution >= 0.6 is 27.3 Å². The van der Waals surface area contributed by atoms with Crippen LogP contribution in [0.3, 0.4) is 0 Å². The smallest absolute Gasteiger partial charge is 0.197 e. The van der Waals surface area contributed by atoms with E-state index in [-0.39, 0.29) is 5.82 Å². The van der Waals surface area contributed by atoms with Crippen molar-refractivity contribution in [3.05, 3.63) is 39.6 Å². The fourth-order valence-electron chi connectivity index (χ4n) is 1.16. The van der Waals surface area contributed by atoms with Gasteiger partial charge in [0, 0.05) is 6.20 Å². The number of nitrogen functional groups attached to an aromatic ring is 1. The number of hydrogen-bond donors (Lipinski definition) is 2. The molecule has 1 aromatic heterocycles. The molecule has 17 heavy (non-hydrogen) atoms. The van der Waals surface area contributed by atoms with Crippen molar-refractivity contribution in [3.63, 3.8) is 0 Å². The van der Waals surface area contributed by atoms with Gasteiger partial charge in [0.05, 0.1) is 9.35 Å². The molecule has 0 aliphatic heterocycles. The van der Waals surface area contributed by atoms with Gasteiger partial charge in [-0.15, -0.1) is 0 Å². The highest BCUT2D eigenvalue weighted by molar-refractivity contribution is 9.10. The number of nitrogens with two attached hydrogens (primary N) is 1. The highest BCUT2D eigenvalue weighted by Gasteiger charge is 2.04. The van der Waals surface area contributed by atoms with Gasteiger partial charge in [-0.2, -0.15) is 0 Å². The number of hydrogen-bond acceptors (Lipinski definition) is 5. The molecule has 0 bridgehead atoms. The molecule has 3 N–H and O–H groups in total. The first-order chi connectivity index (χ1) is 8.19. The quantitative estimate of drug-likeness (QED) is 0.672. The molecule has 2 aromatic rings. The predicted octanol–water partition coefficient (Wildman–Crippen LogP) is 2.91. The van der Waals surface area contributed by atoms with Crippen molar-refractivity contribution in [3.8, 4) is 5.75 Å². The van der Waals surface area contributed by atoms with Crippen molar-refractivity contribution in [2.75, 3.05) is 5.43 Å². The van der Waals surface area contributed by atoms with E-state index in [0.717, 1.165) is 4.88 Å². The van der Waals surface area contributed by atoms with Crippen LogP contribution in [0.4, 0.5) is 9.52 Å². The fourth-order valence-corrected chi connectivity index (χ4v) is 2.16. The van der Waals surface area contributed by atoms with Crippen LogP contribution in [-0.2, 0) is 6.61 Å². The predicted molar refractivity (Wildman–Crippen MR) is 68.4 cm³/mol. The van der Waals surface area contributed by atoms with E-state index in [1.807, 2.05) is 0 Å². The Balaban J connectivity index is 1.99. The van der Waals surface area contributed by atoms with Gasteiger partial charge in [-0.1, -0.05) is 11.3 Å². The summed E-state index contributed by atoms with van der Waals surface area (Å²) in [6, 6.07) is 4.50. The van der Waals surface area contributed by atoms with Crippen molar-refractivity contribution in [2.45, 2.75) is 6.61 Å². The first-order valence-electron chi connectivity index (χ1n) is 4.68. The van der Waals surface area contributed by atoms with Crippen molar-refractivity contribution in [2.24, 2.45) is 5.84 Å². The molecule has 0 amide bonds. The average Bonchev–Trinajstić information content (AvgIpc) is 2.79. The van der Waals surface area contributed by atoms with E-state index in [2.05, 4.69) is 26.3 Å². The standard InChI is InChI=1S/C10H9BrFN3OS/c11-8-3-6(1-2-9(8)12)16-5-7-4-14-10(15-13)17-7/h1-4H,5,13H2,(H,14,15). The van der Waals surface area contributed by atoms with E-state index in [0.29, 0.717) is 22.0 Å². The molecule has 4 nitrogen and oxygen atoms in total. The van der Waals surface area contributed by atoms with E-state index >= 15 is 0 Å². The van der Waals surface area contributed by atoms with Crippen LogP contribution in [0.25, 0.3) is 0 Å². The first kappa shape index (κ1) is 12.3. The van der Waals surface area contributed by atoms with Gasteiger partial charge in [-0.3, -0.25) is 5.43 Å². The third-order valence-corrected chi connectivity index (χ3v) is 3.46. The molecule has 0 spiro atoms. The van der Waals surface area contributed by atoms with E-state index in [1.54, 1.807) is 18.3 Å². The van der Waals surface area contributed by atoms with Gasteiger partial charge in [0.25, 0.3) is 0 Å². The zero-order chi connectivity index (χ0) is 12.3. The Morgan fingerprint density at radius 2 is 2.35 bits per heavy atom. The monoisotopic (exact) mass is 317 g/mol. The molecule has 1 aromatic carbocycles. The molecular formula is C10H9BrFN3OS. The molecule has 0 aliphatic rings. The van der Waals surface area contributed by atoms with Gasteiger partial charge < -0.3 is 4.74 Å². The lowest BCUT2D eigenvalue weighted by Crippen LogP contribution is -2.05. The summed E-state index contributed by atoms with van der Waals surface area (Å²) in [6.45, 7) is 0.372. The number of hydrazine groups is 1. The average molecular weight is 318 g/mol. The lowest BCUT2D eigenvalue weighted by atomic mass is 10.3. The Morgan fingerprint density at radius 1 is 1.53 bits per heavy atom. The number of rotatable bonds is 4. The molecule has 0 saturated heterocycles. The van der Waals surface area contributed by atoms with Crippen LogP contribution in [0.1, 0.15) is 4.88 Å². The van der Waals surface area contributed by atoms with Crippen LogP contribution < -0.4 is 16.0 Å². The molecule has 0 fully saturated rings. The van der Waals surface area contributed by atoms with Crippen molar-refractivity contribution < 1.29 is 9.13 Å². The van der Waals surface area contributed by atoms with Gasteiger partial charge in [0.15, 0.2) is 5.13 Å². The number of halogens is 2. The number of ether oxygens (including phenoxy) is 1. The maximum atomic E-state index is 13.0. The summed E-state index contributed by atoms with van der Waals surface area (Å²) in [5.74, 6) is 5.49. The number of nitrogens with zero attached hydrogens (tertiary/aromatic N) is 1. The number of nitrogens with one attached hydrogen (secondary N) is 1. The number of benzene rings is 1. The van der Waals surface area contributed by atoms with Gasteiger partial charge in [0.1, 0.15) is 18.2 Å². The van der Waals surface area contributed by atoms with Crippen LogP contribution in [0.2, 0.25) is 0 Å². The van der Waals surface area contributed by atoms with Crippen molar-refractivity contribution >= 4 is 32.4 Å². The molecule has 0 atom stereocenters. The van der Waals surface area contributed by atoms with Crippen LogP contribution in [-0.4, -0.2) is 4.98 Å². The largest absolute Gasteiger partial charge is 0.488 e. The molecule has 0 unspecified atom stereocenters. The number of anilines is 1. The molecule has 0 saturated carbocycles. The number of aromatic nitrogens is 1. The second-order valence-corrected chi connectivity index (χ2v) is 5.11. The van der Waals surface area contributed by atoms with Gasteiger partial charge in [-0.25, -0.2) is 15.2 Å². The Bertz CT molecular complexity index is 520. The van der Waals surface area contributed by atoms with Gasteiger partial charge in [-0.05, 0) is 34.1 Å². The van der Waals surface area contributed by atoms with Crippen LogP contribution in [0.5, 0.6) is 5.75 Å². The molecule has 0 radical (unpaired) electrons. The lowest BCUT2D eigenvalue weighted by Gasteiger charge is -2.04. The normalized spacial score (nSPS) is 10.3. The Hall–Kier alpha value is -1.18. The highest BCUT2D eigenvalue weighted by Crippen LogP contribution is 2.24. The second-order valence-electron chi connectivity index (χ2n) is 3.14. The SMILES string of the molecule is NNc1ncc(COc2ccc(F)c(Br)c2)s1. The molecule has 0 aliphatic carbocycles. The zero-order valence-electron chi connectivity index (χ0n) is 8.61. The minimum absolute atomic E-state index is 0.315. The number of thiazole rings is 1. The Kier molecular flexibility index (Phi) is 3.93. The summed E-state index contributed by atoms with van der Waals surface area (Å²) < 4.78 is 18.8. The molecule has 7 heteroatoms. The summed E-state index contributed by atoms with van der Waals surface area (Å²) in [7, 11) is 0. The summed E-state index contributed by atoms with van der Waals surface area (Å²) in [5.41, 5.74) is 2.46. The zero-order valence-corrected chi connectivity index (χ0v) is 11.0. The maximum absolute atomic E-state index is 13.0. The summed E-state index contributed by atoms with van der Waals surface area (Å²) in [5, 5.41) is 0.629. The Labute approximate surface area is 110 Å². The maximum Gasteiger partial charge on any atom is 0.197 e. The molecule has 2 rings (SSSR count). The van der Waals surface area contributed by atoms with Gasteiger partial charge in [0.2, 0.25) is 0 Å². The van der Waals surface area contributed by atoms with Gasteiger partial charge >= 0.3 is 0 Å². The Morgan fingerprint density at radius 3 is 3.00 bits per heavy atom. The van der Waals surface area contributed by atoms with E-state index in [1.165, 1.54) is 17.4 Å². The van der Waals surface area contributed by atoms with Crippen molar-refractivity contribution in [1.29, 1.82) is 0 Å². The van der Waals surface area contributed by atoms with Crippen LogP contribution in [0, 0.1) is 5.82 Å². The van der Waals surface area contributed by atoms with E-state index in [4.69, 9.17) is 10.6 Å². The van der Waals surface area contributed by atoms with Crippen molar-refractivity contribution in [1.82, 2.24) is 4.98 Å². The topological polar surface area (TPSA) is 60.2 Å². The second kappa shape index (κ2) is 5.44. The fraction of sp³-hybridized carbons (Fsp3) is 0.100. The third kappa shape index (κ3) is 3.15. The summed E-state index contributed by atoms with van der Waals surface area (Å²) in [6.07, 6.45) is 1.68. The minimum Gasteiger partial charge on any atom is -0.488 e. The van der Waals surface area contributed by atoms with E-state index in [9.17, 15) is 4.39 Å². The molecule has 90 valence electrons. The summed E-state index contributed by atoms with van der Waals surface area (Å²) in [4.78, 5) is 4.94. The molecular weight excluding hydrogens is 309 g/mol. The third-order valence-electron chi connectivity index (χ3n) is 1.95. The van der Waals surface area contributed by atoms with E-state index < -0.39 is 0 Å².